The van der Waals surface area contributed by atoms with Gasteiger partial charge in [0.15, 0.2) is 0 Å². The van der Waals surface area contributed by atoms with E-state index in [-0.39, 0.29) is 18.1 Å². The normalized spacial score (nSPS) is 46.1. The Kier molecular flexibility index (Phi) is 3.46. The first-order valence-electron chi connectivity index (χ1n) is 6.60. The predicted octanol–water partition coefficient (Wildman–Crippen LogP) is 2.79. The number of hydrogen-bond acceptors (Lipinski definition) is 2. The highest BCUT2D eigenvalue weighted by Crippen LogP contribution is 2.52. The molecule has 2 heteroatoms. The Morgan fingerprint density at radius 3 is 2.82 bits per heavy atom. The molecule has 0 aromatic rings. The van der Waals surface area contributed by atoms with Crippen LogP contribution in [-0.2, 0) is 4.74 Å². The average molecular weight is 236 g/mol. The molecule has 1 N–H and O–H groups in total. The van der Waals surface area contributed by atoms with Crippen LogP contribution in [0.15, 0.2) is 23.8 Å². The monoisotopic (exact) mass is 236 g/mol. The van der Waals surface area contributed by atoms with Crippen molar-refractivity contribution in [3.8, 4) is 0 Å². The fourth-order valence-corrected chi connectivity index (χ4v) is 3.70. The first kappa shape index (κ1) is 12.8. The van der Waals surface area contributed by atoms with Crippen molar-refractivity contribution in [1.29, 1.82) is 0 Å². The molecule has 2 bridgehead atoms. The van der Waals surface area contributed by atoms with E-state index < -0.39 is 0 Å². The molecule has 1 aliphatic carbocycles. The van der Waals surface area contributed by atoms with E-state index in [9.17, 15) is 5.11 Å². The summed E-state index contributed by atoms with van der Waals surface area (Å²) in [6.45, 7) is 9.59. The molecule has 0 saturated carbocycles. The molecule has 2 nitrogen and oxygen atoms in total. The third-order valence-electron chi connectivity index (χ3n) is 4.97. The van der Waals surface area contributed by atoms with Crippen LogP contribution in [0.3, 0.4) is 0 Å². The Bertz CT molecular complexity index is 345. The van der Waals surface area contributed by atoms with Crippen molar-refractivity contribution in [3.63, 3.8) is 0 Å². The SMILES string of the molecule is C/C=C/[C@H]1OC[C@@]2(CO)[C@@H](C)C=C(C)[C@H]1[C@@H]2C. The highest BCUT2D eigenvalue weighted by atomic mass is 16.5. The van der Waals surface area contributed by atoms with Gasteiger partial charge in [0, 0.05) is 11.3 Å². The molecule has 1 aliphatic heterocycles. The van der Waals surface area contributed by atoms with Crippen molar-refractivity contribution < 1.29 is 9.84 Å². The van der Waals surface area contributed by atoms with E-state index in [4.69, 9.17) is 4.74 Å². The summed E-state index contributed by atoms with van der Waals surface area (Å²) in [5, 5.41) is 9.81. The molecule has 5 atom stereocenters. The van der Waals surface area contributed by atoms with E-state index in [0.29, 0.717) is 24.4 Å². The minimum absolute atomic E-state index is 0.0811. The Morgan fingerprint density at radius 2 is 2.24 bits per heavy atom. The first-order chi connectivity index (χ1) is 8.06. The molecule has 0 spiro atoms. The van der Waals surface area contributed by atoms with Crippen LogP contribution in [0.25, 0.3) is 0 Å². The van der Waals surface area contributed by atoms with Crippen molar-refractivity contribution in [2.45, 2.75) is 33.8 Å². The van der Waals surface area contributed by atoms with E-state index in [1.165, 1.54) is 5.57 Å². The fraction of sp³-hybridized carbons (Fsp3) is 0.733. The second kappa shape index (κ2) is 4.58. The van der Waals surface area contributed by atoms with Gasteiger partial charge in [-0.05, 0) is 25.7 Å². The van der Waals surface area contributed by atoms with Gasteiger partial charge < -0.3 is 9.84 Å². The lowest BCUT2D eigenvalue weighted by molar-refractivity contribution is -0.148. The maximum Gasteiger partial charge on any atom is 0.0823 e. The predicted molar refractivity (Wildman–Crippen MR) is 69.6 cm³/mol. The van der Waals surface area contributed by atoms with Crippen LogP contribution in [-0.4, -0.2) is 24.4 Å². The quantitative estimate of drug-likeness (QED) is 0.747. The Morgan fingerprint density at radius 1 is 1.53 bits per heavy atom. The molecule has 2 aliphatic rings. The molecule has 1 fully saturated rings. The summed E-state index contributed by atoms with van der Waals surface area (Å²) in [5.41, 5.74) is 1.33. The second-order valence-electron chi connectivity index (χ2n) is 5.71. The second-order valence-corrected chi connectivity index (χ2v) is 5.71. The standard InChI is InChI=1S/C15H24O2/c1-5-6-13-14-10(2)7-11(3)15(8-16,9-17-13)12(14)4/h5-7,11-14,16H,8-9H2,1-4H3/b6-5+/t11-,12-,13+,14-,15-/m0/s1. The Labute approximate surface area is 104 Å². The zero-order valence-corrected chi connectivity index (χ0v) is 11.3. The number of fused-ring (bicyclic) bond motifs is 2. The van der Waals surface area contributed by atoms with Gasteiger partial charge in [0.2, 0.25) is 0 Å². The third kappa shape index (κ3) is 1.78. The van der Waals surface area contributed by atoms with E-state index in [1.54, 1.807) is 0 Å². The summed E-state index contributed by atoms with van der Waals surface area (Å²) in [7, 11) is 0. The van der Waals surface area contributed by atoms with Gasteiger partial charge in [-0.25, -0.2) is 0 Å². The smallest absolute Gasteiger partial charge is 0.0823 e. The Hall–Kier alpha value is -0.600. The van der Waals surface area contributed by atoms with Gasteiger partial charge >= 0.3 is 0 Å². The minimum atomic E-state index is -0.0811. The van der Waals surface area contributed by atoms with Gasteiger partial charge in [-0.3, -0.25) is 0 Å². The van der Waals surface area contributed by atoms with E-state index in [1.807, 2.05) is 6.92 Å². The maximum absolute atomic E-state index is 9.81. The van der Waals surface area contributed by atoms with Crippen molar-refractivity contribution in [2.24, 2.45) is 23.2 Å². The van der Waals surface area contributed by atoms with Crippen LogP contribution in [0, 0.1) is 23.2 Å². The lowest BCUT2D eigenvalue weighted by Gasteiger charge is -2.54. The number of rotatable bonds is 2. The lowest BCUT2D eigenvalue weighted by atomic mass is 9.56. The summed E-state index contributed by atoms with van der Waals surface area (Å²) in [6.07, 6.45) is 6.73. The molecule has 0 radical (unpaired) electrons. The van der Waals surface area contributed by atoms with Gasteiger partial charge in [0.25, 0.3) is 0 Å². The Balaban J connectivity index is 2.40. The van der Waals surface area contributed by atoms with E-state index >= 15 is 0 Å². The summed E-state index contributed by atoms with van der Waals surface area (Å²) in [6, 6.07) is 0. The fourth-order valence-electron chi connectivity index (χ4n) is 3.70. The van der Waals surface area contributed by atoms with Crippen LogP contribution < -0.4 is 0 Å². The zero-order chi connectivity index (χ0) is 12.6. The van der Waals surface area contributed by atoms with Crippen molar-refractivity contribution in [2.75, 3.05) is 13.2 Å². The molecule has 0 amide bonds. The largest absolute Gasteiger partial charge is 0.396 e. The highest BCUT2D eigenvalue weighted by molar-refractivity contribution is 5.22. The van der Waals surface area contributed by atoms with Crippen molar-refractivity contribution >= 4 is 0 Å². The molecule has 17 heavy (non-hydrogen) atoms. The lowest BCUT2D eigenvalue weighted by Crippen LogP contribution is -2.55. The zero-order valence-electron chi connectivity index (χ0n) is 11.3. The van der Waals surface area contributed by atoms with Gasteiger partial charge in [-0.15, -0.1) is 0 Å². The van der Waals surface area contributed by atoms with Gasteiger partial charge in [0.05, 0.1) is 19.3 Å². The summed E-state index contributed by atoms with van der Waals surface area (Å²) in [4.78, 5) is 0. The number of aliphatic hydroxyl groups is 1. The average Bonchev–Trinajstić information content (AvgIpc) is 2.28. The molecular formula is C15H24O2. The molecular weight excluding hydrogens is 212 g/mol. The minimum Gasteiger partial charge on any atom is -0.396 e. The number of hydrogen-bond donors (Lipinski definition) is 1. The van der Waals surface area contributed by atoms with Crippen LogP contribution in [0.5, 0.6) is 0 Å². The van der Waals surface area contributed by atoms with Crippen LogP contribution in [0.4, 0.5) is 0 Å². The number of aliphatic hydroxyl groups excluding tert-OH is 1. The van der Waals surface area contributed by atoms with Crippen LogP contribution in [0.2, 0.25) is 0 Å². The van der Waals surface area contributed by atoms with E-state index in [2.05, 4.69) is 39.0 Å². The molecule has 96 valence electrons. The van der Waals surface area contributed by atoms with Crippen LogP contribution in [0.1, 0.15) is 27.7 Å². The number of ether oxygens (including phenoxy) is 1. The van der Waals surface area contributed by atoms with Gasteiger partial charge in [-0.1, -0.05) is 37.6 Å². The van der Waals surface area contributed by atoms with Crippen molar-refractivity contribution in [3.05, 3.63) is 23.8 Å². The number of allylic oxidation sites excluding steroid dienone is 2. The molecule has 0 aromatic carbocycles. The summed E-state index contributed by atoms with van der Waals surface area (Å²) >= 11 is 0. The highest BCUT2D eigenvalue weighted by Gasteiger charge is 2.52. The molecule has 0 unspecified atom stereocenters. The van der Waals surface area contributed by atoms with Gasteiger partial charge in [-0.2, -0.15) is 0 Å². The molecule has 1 heterocycles. The van der Waals surface area contributed by atoms with Gasteiger partial charge in [0.1, 0.15) is 0 Å². The molecule has 2 rings (SSSR count). The topological polar surface area (TPSA) is 29.5 Å². The van der Waals surface area contributed by atoms with Crippen molar-refractivity contribution in [1.82, 2.24) is 0 Å². The maximum atomic E-state index is 9.81. The third-order valence-corrected chi connectivity index (χ3v) is 4.97. The molecule has 1 saturated heterocycles. The molecule has 0 aromatic heterocycles. The van der Waals surface area contributed by atoms with E-state index in [0.717, 1.165) is 0 Å². The van der Waals surface area contributed by atoms with Crippen LogP contribution >= 0.6 is 0 Å². The summed E-state index contributed by atoms with van der Waals surface area (Å²) < 4.78 is 6.00. The summed E-state index contributed by atoms with van der Waals surface area (Å²) in [5.74, 6) is 1.29. The first-order valence-corrected chi connectivity index (χ1v) is 6.60.